The Morgan fingerprint density at radius 1 is 1.10 bits per heavy atom. The van der Waals surface area contributed by atoms with E-state index in [1.54, 1.807) is 9.25 Å². The number of ether oxygens (including phenoxy) is 2. The third-order valence-corrected chi connectivity index (χ3v) is 5.70. The Hall–Kier alpha value is -2.65. The average molecular weight is 409 g/mol. The van der Waals surface area contributed by atoms with Crippen LogP contribution >= 0.6 is 12.2 Å². The lowest BCUT2D eigenvalue weighted by molar-refractivity contribution is -0.156. The Morgan fingerprint density at radius 3 is 2.52 bits per heavy atom. The number of carbonyl (C=O) groups excluding carboxylic acids is 1. The highest BCUT2D eigenvalue weighted by Gasteiger charge is 2.45. The standard InChI is InChI=1S/C21H19N3O4S/c25-16-11-15(17-12-27-20(16)28-17)24-21(29)23(14-9-5-2-6-10-14)19(22-24)18(26)13-7-3-1-4-8-13/h1-10,15,17-18,20,26H,11-12H2/t15-,17-,18+,20+/m1/s1. The number of aliphatic hydroxyl groups excluding tert-OH is 1. The summed E-state index contributed by atoms with van der Waals surface area (Å²) in [5, 5.41) is 15.8. The molecule has 4 atom stereocenters. The lowest BCUT2D eigenvalue weighted by Gasteiger charge is -2.26. The van der Waals surface area contributed by atoms with E-state index in [0.717, 1.165) is 5.69 Å². The number of aliphatic hydroxyl groups is 1. The Labute approximate surface area is 172 Å². The van der Waals surface area contributed by atoms with Gasteiger partial charge in [0.2, 0.25) is 11.1 Å². The van der Waals surface area contributed by atoms with E-state index in [4.69, 9.17) is 21.7 Å². The van der Waals surface area contributed by atoms with Crippen LogP contribution in [0.15, 0.2) is 60.7 Å². The van der Waals surface area contributed by atoms with Crippen LogP contribution in [0, 0.1) is 4.77 Å². The molecular formula is C21H19N3O4S. The summed E-state index contributed by atoms with van der Waals surface area (Å²) in [5.74, 6) is 0.269. The summed E-state index contributed by atoms with van der Waals surface area (Å²) in [6.45, 7) is 0.317. The van der Waals surface area contributed by atoms with Crippen molar-refractivity contribution < 1.29 is 19.4 Å². The summed E-state index contributed by atoms with van der Waals surface area (Å²) in [6, 6.07) is 18.4. The van der Waals surface area contributed by atoms with E-state index in [0.29, 0.717) is 22.8 Å². The van der Waals surface area contributed by atoms with Gasteiger partial charge in [0.15, 0.2) is 11.6 Å². The van der Waals surface area contributed by atoms with Crippen molar-refractivity contribution in [1.29, 1.82) is 0 Å². The van der Waals surface area contributed by atoms with Crippen LogP contribution in [0.1, 0.15) is 30.0 Å². The zero-order chi connectivity index (χ0) is 20.0. The molecule has 0 saturated carbocycles. The van der Waals surface area contributed by atoms with Crippen LogP contribution in [0.25, 0.3) is 5.69 Å². The second kappa shape index (κ2) is 7.31. The Bertz CT molecular complexity index is 1100. The van der Waals surface area contributed by atoms with Crippen LogP contribution in [-0.4, -0.2) is 44.2 Å². The van der Waals surface area contributed by atoms with Crippen molar-refractivity contribution in [1.82, 2.24) is 14.3 Å². The number of hydrogen-bond donors (Lipinski definition) is 1. The molecule has 2 fully saturated rings. The summed E-state index contributed by atoms with van der Waals surface area (Å²) in [5.41, 5.74) is 1.49. The fourth-order valence-electron chi connectivity index (χ4n) is 3.86. The van der Waals surface area contributed by atoms with Gasteiger partial charge in [-0.3, -0.25) is 9.36 Å². The van der Waals surface area contributed by atoms with E-state index < -0.39 is 12.4 Å². The highest BCUT2D eigenvalue weighted by molar-refractivity contribution is 7.71. The van der Waals surface area contributed by atoms with Crippen molar-refractivity contribution >= 4 is 18.0 Å². The van der Waals surface area contributed by atoms with Crippen molar-refractivity contribution in [2.75, 3.05) is 6.61 Å². The first kappa shape index (κ1) is 18.4. The molecule has 1 N–H and O–H groups in total. The Kier molecular flexibility index (Phi) is 4.63. The Morgan fingerprint density at radius 2 is 1.79 bits per heavy atom. The third-order valence-electron chi connectivity index (χ3n) is 5.33. The van der Waals surface area contributed by atoms with Crippen molar-refractivity contribution in [3.63, 3.8) is 0 Å². The van der Waals surface area contributed by atoms with Crippen LogP contribution in [0.4, 0.5) is 0 Å². The maximum absolute atomic E-state index is 12.3. The van der Waals surface area contributed by atoms with Gasteiger partial charge in [-0.2, -0.15) is 5.10 Å². The molecule has 7 nitrogen and oxygen atoms in total. The first-order valence-electron chi connectivity index (χ1n) is 9.43. The summed E-state index contributed by atoms with van der Waals surface area (Å²) < 4.78 is 14.9. The number of nitrogens with zero attached hydrogens (tertiary/aromatic N) is 3. The number of carbonyl (C=O) groups is 1. The first-order valence-corrected chi connectivity index (χ1v) is 9.84. The summed E-state index contributed by atoms with van der Waals surface area (Å²) in [6.07, 6.45) is -1.83. The largest absolute Gasteiger partial charge is 0.380 e. The van der Waals surface area contributed by atoms with E-state index in [2.05, 4.69) is 5.10 Å². The smallest absolute Gasteiger partial charge is 0.218 e. The van der Waals surface area contributed by atoms with Gasteiger partial charge < -0.3 is 14.6 Å². The molecule has 2 bridgehead atoms. The molecule has 5 rings (SSSR count). The predicted molar refractivity (Wildman–Crippen MR) is 106 cm³/mol. The highest BCUT2D eigenvalue weighted by atomic mass is 32.1. The number of fused-ring (bicyclic) bond motifs is 2. The molecule has 1 aromatic heterocycles. The Balaban J connectivity index is 1.65. The second-order valence-corrected chi connectivity index (χ2v) is 7.51. The van der Waals surface area contributed by atoms with E-state index in [9.17, 15) is 9.90 Å². The van der Waals surface area contributed by atoms with Crippen LogP contribution in [0.2, 0.25) is 0 Å². The number of ketones is 1. The normalized spacial score (nSPS) is 24.6. The van der Waals surface area contributed by atoms with Crippen molar-refractivity contribution in [3.05, 3.63) is 76.8 Å². The summed E-state index contributed by atoms with van der Waals surface area (Å²) in [4.78, 5) is 12.3. The van der Waals surface area contributed by atoms with Gasteiger partial charge in [0.25, 0.3) is 0 Å². The fourth-order valence-corrected chi connectivity index (χ4v) is 4.24. The molecule has 0 unspecified atom stereocenters. The molecule has 3 heterocycles. The van der Waals surface area contributed by atoms with Crippen LogP contribution in [-0.2, 0) is 14.3 Å². The molecular weight excluding hydrogens is 390 g/mol. The molecule has 8 heteroatoms. The molecule has 148 valence electrons. The molecule has 0 amide bonds. The molecule has 2 aliphatic heterocycles. The maximum Gasteiger partial charge on any atom is 0.218 e. The van der Waals surface area contributed by atoms with Crippen molar-refractivity contribution in [2.24, 2.45) is 0 Å². The predicted octanol–water partition coefficient (Wildman–Crippen LogP) is 2.74. The fraction of sp³-hybridized carbons (Fsp3) is 0.286. The van der Waals surface area contributed by atoms with E-state index in [-0.39, 0.29) is 24.3 Å². The number of hydrogen-bond acceptors (Lipinski definition) is 6. The molecule has 0 aliphatic carbocycles. The van der Waals surface area contributed by atoms with Crippen LogP contribution in [0.5, 0.6) is 0 Å². The van der Waals surface area contributed by atoms with Gasteiger partial charge in [0, 0.05) is 12.1 Å². The molecule has 0 radical (unpaired) electrons. The van der Waals surface area contributed by atoms with Gasteiger partial charge in [-0.25, -0.2) is 4.68 Å². The number of benzene rings is 2. The maximum atomic E-state index is 12.3. The van der Waals surface area contributed by atoms with Gasteiger partial charge in [0.1, 0.15) is 12.2 Å². The van der Waals surface area contributed by atoms with Gasteiger partial charge in [0.05, 0.1) is 12.6 Å². The molecule has 2 aliphatic rings. The minimum atomic E-state index is -0.979. The van der Waals surface area contributed by atoms with E-state index in [1.807, 2.05) is 60.7 Å². The minimum absolute atomic E-state index is 0.120. The summed E-state index contributed by atoms with van der Waals surface area (Å²) >= 11 is 5.74. The SMILES string of the molecule is O=C1C[C@@H](n2nc([C@@H](O)c3ccccc3)n(-c3ccccc3)c2=S)[C@H]2CO[C@H]1O2. The molecule has 29 heavy (non-hydrogen) atoms. The number of para-hydroxylation sites is 1. The lowest BCUT2D eigenvalue weighted by Crippen LogP contribution is -2.37. The van der Waals surface area contributed by atoms with Crippen molar-refractivity contribution in [3.8, 4) is 5.69 Å². The van der Waals surface area contributed by atoms with Gasteiger partial charge in [-0.15, -0.1) is 0 Å². The average Bonchev–Trinajstić information content (AvgIpc) is 3.34. The zero-order valence-corrected chi connectivity index (χ0v) is 16.2. The van der Waals surface area contributed by atoms with Crippen molar-refractivity contribution in [2.45, 2.75) is 31.0 Å². The third kappa shape index (κ3) is 3.14. The molecule has 2 aromatic carbocycles. The minimum Gasteiger partial charge on any atom is -0.380 e. The molecule has 2 saturated heterocycles. The van der Waals surface area contributed by atoms with Gasteiger partial charge >= 0.3 is 0 Å². The number of Topliss-reactive ketones (excluding diaryl/α,β-unsaturated/α-hetero) is 1. The summed E-state index contributed by atoms with van der Waals surface area (Å²) in [7, 11) is 0. The number of aromatic nitrogens is 3. The first-order chi connectivity index (χ1) is 14.1. The quantitative estimate of drug-likeness (QED) is 0.668. The van der Waals surface area contributed by atoms with E-state index in [1.165, 1.54) is 0 Å². The topological polar surface area (TPSA) is 78.5 Å². The van der Waals surface area contributed by atoms with E-state index >= 15 is 0 Å². The zero-order valence-electron chi connectivity index (χ0n) is 15.4. The monoisotopic (exact) mass is 409 g/mol. The highest BCUT2D eigenvalue weighted by Crippen LogP contribution is 2.34. The molecule has 0 spiro atoms. The van der Waals surface area contributed by atoms with Crippen LogP contribution in [0.3, 0.4) is 0 Å². The van der Waals surface area contributed by atoms with Gasteiger partial charge in [-0.05, 0) is 29.9 Å². The van der Waals surface area contributed by atoms with Crippen LogP contribution < -0.4 is 0 Å². The molecule has 3 aromatic rings. The number of rotatable bonds is 4. The lowest BCUT2D eigenvalue weighted by atomic mass is 10.0. The second-order valence-electron chi connectivity index (χ2n) is 7.15. The van der Waals surface area contributed by atoms with Gasteiger partial charge in [-0.1, -0.05) is 48.5 Å².